The highest BCUT2D eigenvalue weighted by atomic mass is 32.2. The van der Waals surface area contributed by atoms with E-state index in [1.807, 2.05) is 18.4 Å². The van der Waals surface area contributed by atoms with Gasteiger partial charge in [-0.2, -0.15) is 4.31 Å². The van der Waals surface area contributed by atoms with E-state index >= 15 is 0 Å². The van der Waals surface area contributed by atoms with E-state index in [0.717, 1.165) is 18.7 Å². The van der Waals surface area contributed by atoms with Crippen molar-refractivity contribution in [3.05, 3.63) is 51.7 Å². The van der Waals surface area contributed by atoms with Crippen LogP contribution in [0.4, 0.5) is 0 Å². The summed E-state index contributed by atoms with van der Waals surface area (Å²) in [7, 11) is -3.67. The summed E-state index contributed by atoms with van der Waals surface area (Å²) in [6.07, 6.45) is 0. The highest BCUT2D eigenvalue weighted by molar-refractivity contribution is 7.89. The summed E-state index contributed by atoms with van der Waals surface area (Å²) in [4.78, 5) is 16.7. The van der Waals surface area contributed by atoms with Gasteiger partial charge in [0, 0.05) is 43.2 Å². The number of amides is 1. The third-order valence-corrected chi connectivity index (χ3v) is 8.74. The van der Waals surface area contributed by atoms with Crippen LogP contribution in [0.15, 0.2) is 40.6 Å². The van der Waals surface area contributed by atoms with Crippen LogP contribution < -0.4 is 5.32 Å². The summed E-state index contributed by atoms with van der Waals surface area (Å²) in [5.74, 6) is -0.267. The molecule has 2 aliphatic rings. The smallest absolute Gasteiger partial charge is 0.251 e. The van der Waals surface area contributed by atoms with Crippen LogP contribution in [-0.4, -0.2) is 82.7 Å². The number of hydrogen-bond acceptors (Lipinski definition) is 7. The maximum Gasteiger partial charge on any atom is 0.251 e. The number of aryl methyl sites for hydroxylation is 1. The van der Waals surface area contributed by atoms with Gasteiger partial charge in [-0.25, -0.2) is 8.42 Å². The van der Waals surface area contributed by atoms with Gasteiger partial charge in [0.1, 0.15) is 0 Å². The molecule has 0 radical (unpaired) electrons. The third kappa shape index (κ3) is 5.22. The summed E-state index contributed by atoms with van der Waals surface area (Å²) in [6.45, 7) is 6.63. The van der Waals surface area contributed by atoms with Crippen LogP contribution in [0.1, 0.15) is 26.8 Å². The predicted octanol–water partition coefficient (Wildman–Crippen LogP) is 1.88. The Bertz CT molecular complexity index is 1010. The number of sulfonamides is 1. The van der Waals surface area contributed by atoms with Crippen molar-refractivity contribution >= 4 is 27.3 Å². The van der Waals surface area contributed by atoms with E-state index in [-0.39, 0.29) is 16.8 Å². The third-order valence-electron chi connectivity index (χ3n) is 5.88. The lowest BCUT2D eigenvalue weighted by molar-refractivity contribution is 0.0169. The highest BCUT2D eigenvalue weighted by Gasteiger charge is 2.28. The topological polar surface area (TPSA) is 88.2 Å². The van der Waals surface area contributed by atoms with Gasteiger partial charge in [-0.05, 0) is 36.1 Å². The number of carbonyl (C=O) groups excluding carboxylic acids is 1. The minimum atomic E-state index is -3.67. The number of nitrogens with zero attached hydrogens (tertiary/aromatic N) is 2. The standard InChI is InChI=1S/C22H29N3O5S2/c1-17-4-5-18(32(27,28)25-8-12-30-13-9-25)15-19(17)22(26)23-16-20(21-3-2-14-31-21)24-6-10-29-11-7-24/h2-5,14-15,20H,6-13,16H2,1H3,(H,23,26)/t20-/m0/s1. The summed E-state index contributed by atoms with van der Waals surface area (Å²) in [5.41, 5.74) is 1.12. The van der Waals surface area contributed by atoms with E-state index in [0.29, 0.717) is 51.6 Å². The molecule has 2 aromatic rings. The minimum Gasteiger partial charge on any atom is -0.379 e. The van der Waals surface area contributed by atoms with Crippen molar-refractivity contribution in [2.45, 2.75) is 17.9 Å². The fourth-order valence-electron chi connectivity index (χ4n) is 4.01. The fourth-order valence-corrected chi connectivity index (χ4v) is 6.30. The second kappa shape index (κ2) is 10.4. The minimum absolute atomic E-state index is 0.0587. The zero-order valence-electron chi connectivity index (χ0n) is 18.2. The summed E-state index contributed by atoms with van der Waals surface area (Å²) < 4.78 is 38.2. The average Bonchev–Trinajstić information content (AvgIpc) is 3.35. The molecular formula is C22H29N3O5S2. The molecule has 1 aromatic heterocycles. The molecule has 2 fully saturated rings. The van der Waals surface area contributed by atoms with Crippen LogP contribution in [0.5, 0.6) is 0 Å². The Hall–Kier alpha value is -1.82. The molecule has 2 aliphatic heterocycles. The van der Waals surface area contributed by atoms with Crippen molar-refractivity contribution in [3.8, 4) is 0 Å². The van der Waals surface area contributed by atoms with Crippen LogP contribution in [-0.2, 0) is 19.5 Å². The SMILES string of the molecule is Cc1ccc(S(=O)(=O)N2CCOCC2)cc1C(=O)NC[C@@H](c1cccs1)N1CCOCC1. The van der Waals surface area contributed by atoms with Gasteiger partial charge in [0.15, 0.2) is 0 Å². The largest absolute Gasteiger partial charge is 0.379 e. The number of morpholine rings is 2. The molecule has 0 unspecified atom stereocenters. The fraction of sp³-hybridized carbons (Fsp3) is 0.500. The molecule has 0 spiro atoms. The highest BCUT2D eigenvalue weighted by Crippen LogP contribution is 2.26. The second-order valence-electron chi connectivity index (χ2n) is 7.88. The predicted molar refractivity (Wildman–Crippen MR) is 123 cm³/mol. The number of carbonyl (C=O) groups is 1. The van der Waals surface area contributed by atoms with Gasteiger partial charge >= 0.3 is 0 Å². The first-order valence-electron chi connectivity index (χ1n) is 10.8. The van der Waals surface area contributed by atoms with E-state index in [9.17, 15) is 13.2 Å². The number of benzene rings is 1. The molecule has 8 nitrogen and oxygen atoms in total. The van der Waals surface area contributed by atoms with Gasteiger partial charge < -0.3 is 14.8 Å². The van der Waals surface area contributed by atoms with Gasteiger partial charge in [0.25, 0.3) is 5.91 Å². The molecule has 0 bridgehead atoms. The quantitative estimate of drug-likeness (QED) is 0.653. The van der Waals surface area contributed by atoms with Crippen molar-refractivity contribution in [1.29, 1.82) is 0 Å². The molecule has 1 N–H and O–H groups in total. The number of ether oxygens (including phenoxy) is 2. The number of hydrogen-bond donors (Lipinski definition) is 1. The lowest BCUT2D eigenvalue weighted by Gasteiger charge is -2.34. The average molecular weight is 480 g/mol. The maximum absolute atomic E-state index is 13.1. The Balaban J connectivity index is 1.50. The second-order valence-corrected chi connectivity index (χ2v) is 10.8. The Kier molecular flexibility index (Phi) is 7.59. The monoisotopic (exact) mass is 479 g/mol. The Morgan fingerprint density at radius 2 is 1.78 bits per heavy atom. The van der Waals surface area contributed by atoms with E-state index in [1.54, 1.807) is 23.5 Å². The molecule has 32 heavy (non-hydrogen) atoms. The number of thiophene rings is 1. The van der Waals surface area contributed by atoms with Crippen LogP contribution in [0.2, 0.25) is 0 Å². The van der Waals surface area contributed by atoms with Crippen molar-refractivity contribution in [1.82, 2.24) is 14.5 Å². The van der Waals surface area contributed by atoms with Gasteiger partial charge in [0.05, 0.1) is 37.4 Å². The molecule has 3 heterocycles. The van der Waals surface area contributed by atoms with E-state index in [1.165, 1.54) is 15.2 Å². The lowest BCUT2D eigenvalue weighted by Crippen LogP contribution is -2.43. The van der Waals surface area contributed by atoms with Gasteiger partial charge in [0.2, 0.25) is 10.0 Å². The summed E-state index contributed by atoms with van der Waals surface area (Å²) >= 11 is 1.67. The first-order chi connectivity index (χ1) is 15.5. The molecule has 0 aliphatic carbocycles. The van der Waals surface area contributed by atoms with Gasteiger partial charge in [-0.15, -0.1) is 11.3 Å². The number of rotatable bonds is 7. The molecule has 1 aromatic carbocycles. The van der Waals surface area contributed by atoms with Crippen molar-refractivity contribution < 1.29 is 22.7 Å². The Morgan fingerprint density at radius 1 is 1.09 bits per heavy atom. The van der Waals surface area contributed by atoms with Crippen LogP contribution in [0.25, 0.3) is 0 Å². The zero-order valence-corrected chi connectivity index (χ0v) is 19.8. The van der Waals surface area contributed by atoms with Crippen molar-refractivity contribution in [2.75, 3.05) is 59.2 Å². The first-order valence-corrected chi connectivity index (χ1v) is 13.1. The summed E-state index contributed by atoms with van der Waals surface area (Å²) in [6, 6.07) is 8.91. The number of nitrogens with one attached hydrogen (secondary N) is 1. The van der Waals surface area contributed by atoms with Crippen LogP contribution >= 0.6 is 11.3 Å². The van der Waals surface area contributed by atoms with Crippen LogP contribution in [0, 0.1) is 6.92 Å². The molecule has 1 amide bonds. The normalized spacial score (nSPS) is 19.5. The zero-order chi connectivity index (χ0) is 22.6. The molecule has 174 valence electrons. The van der Waals surface area contributed by atoms with Gasteiger partial charge in [-0.1, -0.05) is 12.1 Å². The molecule has 0 saturated carbocycles. The first kappa shape index (κ1) is 23.3. The molecule has 4 rings (SSSR count). The van der Waals surface area contributed by atoms with Crippen molar-refractivity contribution in [3.63, 3.8) is 0 Å². The Labute approximate surface area is 193 Å². The van der Waals surface area contributed by atoms with E-state index in [2.05, 4.69) is 16.3 Å². The van der Waals surface area contributed by atoms with E-state index in [4.69, 9.17) is 9.47 Å². The van der Waals surface area contributed by atoms with Crippen LogP contribution in [0.3, 0.4) is 0 Å². The summed E-state index contributed by atoms with van der Waals surface area (Å²) in [5, 5.41) is 5.08. The van der Waals surface area contributed by atoms with E-state index < -0.39 is 10.0 Å². The molecule has 1 atom stereocenters. The molecule has 10 heteroatoms. The van der Waals surface area contributed by atoms with Gasteiger partial charge in [-0.3, -0.25) is 9.69 Å². The maximum atomic E-state index is 13.1. The Morgan fingerprint density at radius 3 is 2.44 bits per heavy atom. The molecule has 2 saturated heterocycles. The van der Waals surface area contributed by atoms with Crippen molar-refractivity contribution in [2.24, 2.45) is 0 Å². The lowest BCUT2D eigenvalue weighted by atomic mass is 10.1. The molecular weight excluding hydrogens is 450 g/mol.